The van der Waals surface area contributed by atoms with Crippen molar-refractivity contribution in [3.63, 3.8) is 0 Å². The van der Waals surface area contributed by atoms with Crippen molar-refractivity contribution in [3.8, 4) is 0 Å². The summed E-state index contributed by atoms with van der Waals surface area (Å²) in [5.74, 6) is 1.04. The molecule has 168 valence electrons. The Labute approximate surface area is 206 Å². The number of guanidine groups is 1. The maximum absolute atomic E-state index is 5.71. The molecule has 2 atom stereocenters. The van der Waals surface area contributed by atoms with Crippen LogP contribution in [-0.4, -0.2) is 62.2 Å². The van der Waals surface area contributed by atoms with E-state index in [9.17, 15) is 0 Å². The number of rotatable bonds is 4. The SMILES string of the molecule is CN=C(NCC(c1ccccc1)N1CCc2sccc2C1)N1CCC2(CCOC2)C1.I. The van der Waals surface area contributed by atoms with Crippen LogP contribution in [0.2, 0.25) is 0 Å². The number of ether oxygens (including phenoxy) is 1. The summed E-state index contributed by atoms with van der Waals surface area (Å²) < 4.78 is 5.71. The summed E-state index contributed by atoms with van der Waals surface area (Å²) in [6.07, 6.45) is 3.55. The van der Waals surface area contributed by atoms with Crippen LogP contribution in [0.25, 0.3) is 0 Å². The third kappa shape index (κ3) is 4.94. The minimum atomic E-state index is 0. The van der Waals surface area contributed by atoms with Gasteiger partial charge in [0.25, 0.3) is 0 Å². The molecular formula is C24H33IN4OS. The number of hydrogen-bond donors (Lipinski definition) is 1. The van der Waals surface area contributed by atoms with Gasteiger partial charge in [-0.2, -0.15) is 0 Å². The van der Waals surface area contributed by atoms with E-state index in [2.05, 4.69) is 61.9 Å². The Kier molecular flexibility index (Phi) is 7.56. The van der Waals surface area contributed by atoms with E-state index in [-0.39, 0.29) is 24.0 Å². The summed E-state index contributed by atoms with van der Waals surface area (Å²) in [4.78, 5) is 11.3. The summed E-state index contributed by atoms with van der Waals surface area (Å²) in [6.45, 7) is 6.96. The van der Waals surface area contributed by atoms with Crippen molar-refractivity contribution in [3.05, 3.63) is 57.8 Å². The summed E-state index contributed by atoms with van der Waals surface area (Å²) in [5, 5.41) is 5.97. The molecule has 0 saturated carbocycles. The number of hydrogen-bond acceptors (Lipinski definition) is 4. The molecule has 2 saturated heterocycles. The van der Waals surface area contributed by atoms with Crippen molar-refractivity contribution in [2.75, 3.05) is 46.4 Å². The van der Waals surface area contributed by atoms with Crippen LogP contribution < -0.4 is 5.32 Å². The number of likely N-dealkylation sites (tertiary alicyclic amines) is 1. The van der Waals surface area contributed by atoms with Crippen molar-refractivity contribution in [2.24, 2.45) is 10.4 Å². The van der Waals surface area contributed by atoms with Crippen LogP contribution in [0.1, 0.15) is 34.9 Å². The molecule has 0 amide bonds. The average molecular weight is 553 g/mol. The van der Waals surface area contributed by atoms with E-state index in [1.807, 2.05) is 18.4 Å². The van der Waals surface area contributed by atoms with Crippen molar-refractivity contribution < 1.29 is 4.74 Å². The van der Waals surface area contributed by atoms with Gasteiger partial charge in [0.15, 0.2) is 5.96 Å². The Morgan fingerprint density at radius 3 is 2.87 bits per heavy atom. The molecule has 0 radical (unpaired) electrons. The maximum Gasteiger partial charge on any atom is 0.193 e. The molecule has 1 N–H and O–H groups in total. The molecule has 3 aliphatic heterocycles. The standard InChI is InChI=1S/C24H32N4OS.HI/c1-25-23(28-12-9-24(17-28)10-13-29-18-24)26-15-21(19-5-3-2-4-6-19)27-11-7-22-20(16-27)8-14-30-22;/h2-6,8,14,21H,7,9-13,15-18H2,1H3,(H,25,26);1H. The molecule has 7 heteroatoms. The zero-order chi connectivity index (χ0) is 20.4. The smallest absolute Gasteiger partial charge is 0.193 e. The monoisotopic (exact) mass is 552 g/mol. The van der Waals surface area contributed by atoms with E-state index < -0.39 is 0 Å². The Morgan fingerprint density at radius 1 is 1.23 bits per heavy atom. The van der Waals surface area contributed by atoms with Crippen LogP contribution >= 0.6 is 35.3 Å². The lowest BCUT2D eigenvalue weighted by Gasteiger charge is -2.36. The fourth-order valence-corrected chi connectivity index (χ4v) is 6.17. The first-order chi connectivity index (χ1) is 14.8. The second-order valence-electron chi connectivity index (χ2n) is 8.92. The second-order valence-corrected chi connectivity index (χ2v) is 9.92. The predicted octanol–water partition coefficient (Wildman–Crippen LogP) is 4.15. The maximum atomic E-state index is 5.71. The molecule has 2 unspecified atom stereocenters. The molecule has 1 aromatic heterocycles. The normalized spacial score (nSPS) is 24.8. The van der Waals surface area contributed by atoms with Gasteiger partial charge in [-0.25, -0.2) is 0 Å². The van der Waals surface area contributed by atoms with Gasteiger partial charge in [0.2, 0.25) is 0 Å². The van der Waals surface area contributed by atoms with Crippen molar-refractivity contribution in [2.45, 2.75) is 31.8 Å². The van der Waals surface area contributed by atoms with Gasteiger partial charge < -0.3 is 15.0 Å². The highest BCUT2D eigenvalue weighted by molar-refractivity contribution is 14.0. The Hall–Kier alpha value is -1.16. The van der Waals surface area contributed by atoms with Gasteiger partial charge >= 0.3 is 0 Å². The first kappa shape index (κ1) is 23.0. The van der Waals surface area contributed by atoms with Gasteiger partial charge in [0, 0.05) is 56.7 Å². The molecular weight excluding hydrogens is 519 g/mol. The molecule has 5 rings (SSSR count). The van der Waals surface area contributed by atoms with Crippen LogP contribution in [0.5, 0.6) is 0 Å². The molecule has 2 aromatic rings. The molecule has 5 nitrogen and oxygen atoms in total. The fourth-order valence-electron chi connectivity index (χ4n) is 5.28. The molecule has 3 aliphatic rings. The van der Waals surface area contributed by atoms with E-state index in [0.29, 0.717) is 11.5 Å². The largest absolute Gasteiger partial charge is 0.381 e. The first-order valence-electron chi connectivity index (χ1n) is 11.1. The van der Waals surface area contributed by atoms with Crippen molar-refractivity contribution in [1.82, 2.24) is 15.1 Å². The highest BCUT2D eigenvalue weighted by Crippen LogP contribution is 2.38. The van der Waals surface area contributed by atoms with E-state index in [0.717, 1.165) is 58.3 Å². The minimum Gasteiger partial charge on any atom is -0.381 e. The molecule has 2 fully saturated rings. The van der Waals surface area contributed by atoms with Crippen molar-refractivity contribution in [1.29, 1.82) is 0 Å². The quantitative estimate of drug-likeness (QED) is 0.352. The zero-order valence-electron chi connectivity index (χ0n) is 18.3. The van der Waals surface area contributed by atoms with E-state index in [1.165, 1.54) is 24.0 Å². The average Bonchev–Trinajstić information content (AvgIpc) is 3.54. The minimum absolute atomic E-state index is 0. The van der Waals surface area contributed by atoms with Crippen LogP contribution in [0.15, 0.2) is 46.8 Å². The number of nitrogens with one attached hydrogen (secondary N) is 1. The molecule has 0 aliphatic carbocycles. The second kappa shape index (κ2) is 10.2. The van der Waals surface area contributed by atoms with Gasteiger partial charge in [0.1, 0.15) is 0 Å². The third-order valence-electron chi connectivity index (χ3n) is 7.05. The molecule has 31 heavy (non-hydrogen) atoms. The van der Waals surface area contributed by atoms with Crippen LogP contribution in [0, 0.1) is 5.41 Å². The number of thiophene rings is 1. The number of nitrogens with zero attached hydrogens (tertiary/aromatic N) is 3. The van der Waals surface area contributed by atoms with Gasteiger partial charge in [-0.05, 0) is 41.8 Å². The molecule has 1 spiro atoms. The van der Waals surface area contributed by atoms with E-state index in [4.69, 9.17) is 4.74 Å². The summed E-state index contributed by atoms with van der Waals surface area (Å²) >= 11 is 1.90. The topological polar surface area (TPSA) is 40.1 Å². The van der Waals surface area contributed by atoms with E-state index in [1.54, 1.807) is 4.88 Å². The number of aliphatic imine (C=N–C) groups is 1. The number of benzene rings is 1. The van der Waals surface area contributed by atoms with Gasteiger partial charge in [-0.3, -0.25) is 9.89 Å². The Morgan fingerprint density at radius 2 is 2.10 bits per heavy atom. The lowest BCUT2D eigenvalue weighted by Crippen LogP contribution is -2.46. The van der Waals surface area contributed by atoms with Crippen LogP contribution in [0.4, 0.5) is 0 Å². The number of halogens is 1. The predicted molar refractivity (Wildman–Crippen MR) is 138 cm³/mol. The highest BCUT2D eigenvalue weighted by atomic mass is 127. The summed E-state index contributed by atoms with van der Waals surface area (Å²) in [6, 6.07) is 13.6. The van der Waals surface area contributed by atoms with Crippen LogP contribution in [0.3, 0.4) is 0 Å². The molecule has 0 bridgehead atoms. The van der Waals surface area contributed by atoms with E-state index >= 15 is 0 Å². The highest BCUT2D eigenvalue weighted by Gasteiger charge is 2.42. The van der Waals surface area contributed by atoms with Gasteiger partial charge in [-0.15, -0.1) is 35.3 Å². The van der Waals surface area contributed by atoms with Gasteiger partial charge in [-0.1, -0.05) is 30.3 Å². The Bertz CT molecular complexity index is 881. The number of fused-ring (bicyclic) bond motifs is 1. The first-order valence-corrected chi connectivity index (χ1v) is 12.0. The van der Waals surface area contributed by atoms with Gasteiger partial charge in [0.05, 0.1) is 12.6 Å². The molecule has 1 aromatic carbocycles. The lowest BCUT2D eigenvalue weighted by atomic mass is 9.87. The third-order valence-corrected chi connectivity index (χ3v) is 8.07. The van der Waals surface area contributed by atoms with Crippen molar-refractivity contribution >= 4 is 41.3 Å². The Balaban J connectivity index is 0.00000231. The summed E-state index contributed by atoms with van der Waals surface area (Å²) in [5.41, 5.74) is 3.22. The summed E-state index contributed by atoms with van der Waals surface area (Å²) in [7, 11) is 1.91. The zero-order valence-corrected chi connectivity index (χ0v) is 21.4. The molecule has 4 heterocycles. The van der Waals surface area contributed by atoms with Crippen LogP contribution in [-0.2, 0) is 17.7 Å². The lowest BCUT2D eigenvalue weighted by molar-refractivity contribution is 0.156. The fraction of sp³-hybridized carbons (Fsp3) is 0.542.